The molecule has 0 bridgehead atoms. The molecule has 0 aliphatic heterocycles. The molecule has 2 heterocycles. The minimum atomic E-state index is 0.197. The van der Waals surface area contributed by atoms with Crippen molar-refractivity contribution in [3.8, 4) is 0 Å². The Bertz CT molecular complexity index is 438. The summed E-state index contributed by atoms with van der Waals surface area (Å²) in [6, 6.07) is 10.0. The van der Waals surface area contributed by atoms with Crippen LogP contribution in [0.1, 0.15) is 29.0 Å². The lowest BCUT2D eigenvalue weighted by molar-refractivity contribution is 0.467. The van der Waals surface area contributed by atoms with Crippen LogP contribution in [0.3, 0.4) is 0 Å². The van der Waals surface area contributed by atoms with E-state index in [4.69, 9.17) is 4.42 Å². The molecule has 0 spiro atoms. The molecule has 0 radical (unpaired) electrons. The molecule has 3 heteroatoms. The molecule has 0 amide bonds. The van der Waals surface area contributed by atoms with Gasteiger partial charge in [-0.05, 0) is 24.3 Å². The highest BCUT2D eigenvalue weighted by atomic mass is 79.9. The Kier molecular flexibility index (Phi) is 3.78. The Morgan fingerprint density at radius 3 is 2.81 bits per heavy atom. The van der Waals surface area contributed by atoms with Crippen molar-refractivity contribution in [3.05, 3.63) is 53.7 Å². The molecule has 0 aliphatic rings. The summed E-state index contributed by atoms with van der Waals surface area (Å²) in [4.78, 5) is 4.50. The maximum Gasteiger partial charge on any atom is 0.118 e. The van der Waals surface area contributed by atoms with Crippen molar-refractivity contribution in [2.75, 3.05) is 0 Å². The van der Waals surface area contributed by atoms with Gasteiger partial charge in [0, 0.05) is 24.7 Å². The van der Waals surface area contributed by atoms with Gasteiger partial charge >= 0.3 is 0 Å². The van der Waals surface area contributed by atoms with Gasteiger partial charge in [-0.25, -0.2) is 0 Å². The fourth-order valence-corrected chi connectivity index (χ4v) is 2.13. The van der Waals surface area contributed by atoms with E-state index in [0.29, 0.717) is 0 Å². The topological polar surface area (TPSA) is 26.0 Å². The molecule has 1 atom stereocenters. The monoisotopic (exact) mass is 279 g/mol. The Labute approximate surface area is 104 Å². The number of alkyl halides is 1. The van der Waals surface area contributed by atoms with Gasteiger partial charge in [-0.2, -0.15) is 0 Å². The van der Waals surface area contributed by atoms with E-state index >= 15 is 0 Å². The van der Waals surface area contributed by atoms with Gasteiger partial charge in [0.25, 0.3) is 0 Å². The molecule has 84 valence electrons. The summed E-state index contributed by atoms with van der Waals surface area (Å²) in [5, 5.41) is 0. The average molecular weight is 280 g/mol. The smallest absolute Gasteiger partial charge is 0.118 e. The van der Waals surface area contributed by atoms with Crippen LogP contribution in [0.5, 0.6) is 0 Å². The molecule has 2 rings (SSSR count). The number of hydrogen-bond acceptors (Lipinski definition) is 2. The molecule has 2 aromatic rings. The second-order valence-corrected chi connectivity index (χ2v) is 4.76. The maximum atomic E-state index is 5.69. The molecule has 0 N–H and O–H groups in total. The number of aromatic nitrogens is 1. The van der Waals surface area contributed by atoms with Crippen LogP contribution < -0.4 is 0 Å². The zero-order valence-corrected chi connectivity index (χ0v) is 10.8. The fraction of sp³-hybridized carbons (Fsp3) is 0.308. The van der Waals surface area contributed by atoms with E-state index in [0.717, 1.165) is 30.1 Å². The molecule has 0 saturated carbocycles. The van der Waals surface area contributed by atoms with E-state index in [1.54, 1.807) is 0 Å². The average Bonchev–Trinajstić information content (AvgIpc) is 2.79. The van der Waals surface area contributed by atoms with Crippen molar-refractivity contribution in [1.82, 2.24) is 4.98 Å². The molecule has 2 nitrogen and oxygen atoms in total. The van der Waals surface area contributed by atoms with Crippen molar-refractivity contribution in [1.29, 1.82) is 0 Å². The minimum Gasteiger partial charge on any atom is -0.465 e. The number of pyridine rings is 1. The Hall–Kier alpha value is -1.09. The van der Waals surface area contributed by atoms with Gasteiger partial charge < -0.3 is 4.42 Å². The molecular weight excluding hydrogens is 266 g/mol. The third-order valence-corrected chi connectivity index (χ3v) is 3.23. The second kappa shape index (κ2) is 5.30. The summed E-state index contributed by atoms with van der Waals surface area (Å²) in [5.74, 6) is 2.00. The van der Waals surface area contributed by atoms with Gasteiger partial charge in [-0.15, -0.1) is 0 Å². The fourth-order valence-electron chi connectivity index (χ4n) is 1.56. The third kappa shape index (κ3) is 2.73. The van der Waals surface area contributed by atoms with Crippen molar-refractivity contribution in [3.63, 3.8) is 0 Å². The van der Waals surface area contributed by atoms with Crippen LogP contribution in [0, 0.1) is 0 Å². The number of nitrogens with zero attached hydrogens (tertiary/aromatic N) is 1. The first-order valence-electron chi connectivity index (χ1n) is 5.42. The van der Waals surface area contributed by atoms with Crippen molar-refractivity contribution in [2.24, 2.45) is 0 Å². The zero-order chi connectivity index (χ0) is 11.4. The summed E-state index contributed by atoms with van der Waals surface area (Å²) in [6.45, 7) is 2.09. The third-order valence-electron chi connectivity index (χ3n) is 2.45. The second-order valence-electron chi connectivity index (χ2n) is 3.65. The van der Waals surface area contributed by atoms with Gasteiger partial charge in [-0.3, -0.25) is 4.98 Å². The predicted octanol–water partition coefficient (Wildman–Crippen LogP) is 3.92. The molecule has 0 saturated heterocycles. The lowest BCUT2D eigenvalue weighted by atomic mass is 10.2. The molecule has 0 aromatic carbocycles. The summed E-state index contributed by atoms with van der Waals surface area (Å²) in [5.41, 5.74) is 1.07. The van der Waals surface area contributed by atoms with E-state index in [1.165, 1.54) is 0 Å². The Balaban J connectivity index is 2.05. The number of rotatable bonds is 4. The maximum absolute atomic E-state index is 5.69. The zero-order valence-electron chi connectivity index (χ0n) is 9.19. The first-order valence-corrected chi connectivity index (χ1v) is 6.33. The summed E-state index contributed by atoms with van der Waals surface area (Å²) >= 11 is 3.63. The molecule has 2 aromatic heterocycles. The van der Waals surface area contributed by atoms with Crippen LogP contribution in [0.4, 0.5) is 0 Å². The normalized spacial score (nSPS) is 12.6. The lowest BCUT2D eigenvalue weighted by Crippen LogP contribution is -1.95. The Morgan fingerprint density at radius 2 is 2.19 bits per heavy atom. The van der Waals surface area contributed by atoms with Crippen molar-refractivity contribution in [2.45, 2.75) is 24.6 Å². The van der Waals surface area contributed by atoms with Crippen LogP contribution in [-0.4, -0.2) is 4.98 Å². The van der Waals surface area contributed by atoms with Crippen LogP contribution >= 0.6 is 15.9 Å². The first kappa shape index (κ1) is 11.4. The van der Waals surface area contributed by atoms with E-state index in [1.807, 2.05) is 36.5 Å². The quantitative estimate of drug-likeness (QED) is 0.793. The van der Waals surface area contributed by atoms with E-state index in [-0.39, 0.29) is 4.83 Å². The number of aryl methyl sites for hydroxylation is 1. The van der Waals surface area contributed by atoms with Crippen LogP contribution in [0.2, 0.25) is 0 Å². The molecule has 0 aliphatic carbocycles. The van der Waals surface area contributed by atoms with E-state index in [2.05, 4.69) is 27.8 Å². The summed E-state index contributed by atoms with van der Waals surface area (Å²) in [7, 11) is 0. The standard InChI is InChI=1S/C13H14BrNO/c1-2-11-6-7-13(16-11)12(14)9-10-5-3-4-8-15-10/h3-8,12H,2,9H2,1H3. The van der Waals surface area contributed by atoms with Crippen molar-refractivity contribution < 1.29 is 4.42 Å². The van der Waals surface area contributed by atoms with Gasteiger partial charge in [0.1, 0.15) is 11.5 Å². The highest BCUT2D eigenvalue weighted by molar-refractivity contribution is 9.09. The van der Waals surface area contributed by atoms with Gasteiger partial charge in [0.15, 0.2) is 0 Å². The Morgan fingerprint density at radius 1 is 1.31 bits per heavy atom. The number of furan rings is 1. The molecule has 0 fully saturated rings. The highest BCUT2D eigenvalue weighted by Gasteiger charge is 2.13. The SMILES string of the molecule is CCc1ccc(C(Br)Cc2ccccn2)o1. The van der Waals surface area contributed by atoms with Crippen molar-refractivity contribution >= 4 is 15.9 Å². The summed E-state index contributed by atoms with van der Waals surface area (Å²) in [6.07, 6.45) is 3.59. The van der Waals surface area contributed by atoms with Gasteiger partial charge in [-0.1, -0.05) is 28.9 Å². The number of halogens is 1. The highest BCUT2D eigenvalue weighted by Crippen LogP contribution is 2.28. The lowest BCUT2D eigenvalue weighted by Gasteiger charge is -2.05. The molecule has 1 unspecified atom stereocenters. The minimum absolute atomic E-state index is 0.197. The van der Waals surface area contributed by atoms with Gasteiger partial charge in [0.2, 0.25) is 0 Å². The van der Waals surface area contributed by atoms with Gasteiger partial charge in [0.05, 0.1) is 4.83 Å². The van der Waals surface area contributed by atoms with E-state index in [9.17, 15) is 0 Å². The number of hydrogen-bond donors (Lipinski definition) is 0. The largest absolute Gasteiger partial charge is 0.465 e. The molecule has 16 heavy (non-hydrogen) atoms. The van der Waals surface area contributed by atoms with E-state index < -0.39 is 0 Å². The first-order chi connectivity index (χ1) is 7.79. The summed E-state index contributed by atoms with van der Waals surface area (Å²) < 4.78 is 5.69. The van der Waals surface area contributed by atoms with Crippen LogP contribution in [-0.2, 0) is 12.8 Å². The predicted molar refractivity (Wildman–Crippen MR) is 67.7 cm³/mol. The van der Waals surface area contributed by atoms with Crippen LogP contribution in [0.25, 0.3) is 0 Å². The van der Waals surface area contributed by atoms with Crippen LogP contribution in [0.15, 0.2) is 40.9 Å². The molecular formula is C13H14BrNO.